The van der Waals surface area contributed by atoms with Crippen molar-refractivity contribution >= 4 is 155 Å². The fourth-order valence-corrected chi connectivity index (χ4v) is 10.1. The minimum Gasteiger partial charge on any atom is 0 e. The summed E-state index contributed by atoms with van der Waals surface area (Å²) in [6.45, 7) is 7.71. The number of hydrogen-bond acceptors (Lipinski definition) is 24. The first-order valence-electron chi connectivity index (χ1n) is 32.4. The van der Waals surface area contributed by atoms with E-state index in [0.29, 0.717) is 90.2 Å². The number of rotatable bonds is 15. The number of aliphatic carboxylic acids is 2. The van der Waals surface area contributed by atoms with E-state index < -0.39 is 37.0 Å². The largest absolute Gasteiger partial charge is 0 e. The Balaban J connectivity index is -0.00000126. The van der Waals surface area contributed by atoms with Crippen LogP contribution in [-0.4, -0.2) is 162 Å². The molecule has 0 saturated heterocycles. The zero-order chi connectivity index (χ0) is 86.7. The number of carbonyl (C=O) groups is 8. The number of aromatic hydroxyl groups is 1. The van der Waals surface area contributed by atoms with Crippen LogP contribution in [-0.2, 0) is 62.8 Å². The van der Waals surface area contributed by atoms with Gasteiger partial charge in [-0.1, -0.05) is 101 Å². The Morgan fingerprint density at radius 1 is 0.474 bits per heavy atom. The van der Waals surface area contributed by atoms with Gasteiger partial charge in [0.1, 0.15) is 65.0 Å². The second kappa shape index (κ2) is 61.7. The van der Waals surface area contributed by atoms with Gasteiger partial charge in [-0.25, -0.2) is 24.0 Å². The zero-order valence-electron chi connectivity index (χ0n) is 64.5. The molecule has 627 valence electrons. The molecule has 0 spiro atoms. The van der Waals surface area contributed by atoms with E-state index in [9.17, 15) is 28.8 Å². The van der Waals surface area contributed by atoms with Crippen LogP contribution in [0.25, 0.3) is 0 Å². The molecule has 1 aliphatic heterocycles. The molecular weight excluding hydrogens is 1950 g/mol. The molecule has 0 fully saturated rings. The van der Waals surface area contributed by atoms with E-state index in [1.165, 1.54) is 54.5 Å². The van der Waals surface area contributed by atoms with E-state index in [4.69, 9.17) is 87.8 Å². The third kappa shape index (κ3) is 43.9. The van der Waals surface area contributed by atoms with Crippen LogP contribution in [0.15, 0.2) is 198 Å². The van der Waals surface area contributed by atoms with Crippen molar-refractivity contribution in [1.29, 1.82) is 0 Å². The standard InChI is InChI=1S/C16H15BrO4.C15H11BrO3.C10H11BrO3.C10H12O3.C9H10O3.C8H7BrO3.C6H5BrO.2C2H4O2.CH5BO2.CH4.BHNS.Pd/c1-19-14-6-3-11(15(9-14)16(18)20-2)10-21-13-7-4-12(17)5-8-13;1-18-11-4-2-9-8-19-14-5-3-10(16)6-13(14)15(17)12(9)7-11;1-13-8-4-3-7(6-11)9(5-8)10(12)14-2;1-7-4-5-8(12-2)6-9(7)10(11)13-3;1-6-3-4-7(12-2)5-8(6)9(10)11;1-12-5-2-3-7(9)6(4-5)8(10)11;7-5-1-3-6(8)4-2-5;3*1-2(3)4;;1-2-3;/h3-9H,10H2,1-2H3;2-7H,8H2,1H3;3-5H,6H2,1-2H3;4-6H,1-3H3;3-5H,1-2H3,(H,10,11);2-4H,1H3,(H,10,11);1-4,8H;2*1H3,(H,3,4);3-4H,1H3;1H4;3H;. The number of ketones is 1. The molecule has 9 aromatic carbocycles. The van der Waals surface area contributed by atoms with Gasteiger partial charge in [-0.15, -0.1) is 0 Å². The summed E-state index contributed by atoms with van der Waals surface area (Å²) < 4.78 is 61.6. The van der Waals surface area contributed by atoms with Gasteiger partial charge in [-0.3, -0.25) is 14.4 Å². The SMILES string of the molecule is C.CB(O)O.CC(=O)O.CC(=O)O.COC(=O)c1cc(OC)ccc1C.COC(=O)c1cc(OC)ccc1CBr.COC(=O)c1cc(OC)ccc1COc1ccc(Br)cc1.COc1ccc(Br)c(C(=O)O)c1.COc1ccc(C)c(C(=O)O)c1.COc1ccc2c(c1)C(=O)c1cc(Br)ccc1OC2.Oc1ccc(Br)cc1.[B]=NS.[Pd]. The van der Waals surface area contributed by atoms with Crippen molar-refractivity contribution in [3.63, 3.8) is 0 Å². The maximum atomic E-state index is 12.6. The number of alkyl halides is 1. The van der Waals surface area contributed by atoms with Gasteiger partial charge in [-0.05, 0) is 199 Å². The quantitative estimate of drug-likeness (QED) is 0.0155. The van der Waals surface area contributed by atoms with Gasteiger partial charge >= 0.3 is 61.7 Å². The first kappa shape index (κ1) is 111. The Hall–Kier alpha value is -9.60. The van der Waals surface area contributed by atoms with Crippen molar-refractivity contribution in [3.05, 3.63) is 261 Å². The van der Waals surface area contributed by atoms with Crippen LogP contribution >= 0.6 is 92.5 Å². The number of carboxylic acid groups (broad SMARTS) is 4. The molecule has 1 heterocycles. The third-order valence-corrected chi connectivity index (χ3v) is 16.5. The molecule has 0 amide bonds. The number of carbonyl (C=O) groups excluding carboxylic acids is 4. The van der Waals surface area contributed by atoms with Crippen LogP contribution in [0.1, 0.15) is 117 Å². The molecule has 0 atom stereocenters. The number of fused-ring (bicyclic) bond motifs is 2. The van der Waals surface area contributed by atoms with Crippen molar-refractivity contribution in [1.82, 2.24) is 0 Å². The van der Waals surface area contributed by atoms with Crippen LogP contribution in [0.5, 0.6) is 51.7 Å². The van der Waals surface area contributed by atoms with E-state index in [1.807, 2.05) is 73.7 Å². The molecule has 0 unspecified atom stereocenters. The summed E-state index contributed by atoms with van der Waals surface area (Å²) in [6, 6.07) is 50.8. The number of phenols is 1. The van der Waals surface area contributed by atoms with Crippen molar-refractivity contribution < 1.29 is 146 Å². The summed E-state index contributed by atoms with van der Waals surface area (Å²) in [7, 11) is 16.5. The molecule has 1 radical (unpaired) electrons. The number of esters is 3. The second-order valence-corrected chi connectivity index (χ2v) is 26.2. The van der Waals surface area contributed by atoms with E-state index >= 15 is 0 Å². The van der Waals surface area contributed by atoms with Crippen molar-refractivity contribution in [2.45, 2.75) is 60.5 Å². The average Bonchev–Trinajstić information content (AvgIpc) is 1.63. The Labute approximate surface area is 736 Å². The summed E-state index contributed by atoms with van der Waals surface area (Å²) >= 11 is 19.6. The van der Waals surface area contributed by atoms with Crippen LogP contribution in [0.2, 0.25) is 6.82 Å². The number of benzene rings is 9. The molecule has 0 aliphatic carbocycles. The Morgan fingerprint density at radius 3 is 1.21 bits per heavy atom. The molecule has 1 aliphatic rings. The number of carboxylic acids is 4. The van der Waals surface area contributed by atoms with Crippen LogP contribution in [0.3, 0.4) is 0 Å². The van der Waals surface area contributed by atoms with E-state index in [0.717, 1.165) is 60.8 Å². The third-order valence-electron chi connectivity index (χ3n) is 13.7. The molecule has 0 bridgehead atoms. The van der Waals surface area contributed by atoms with E-state index in [2.05, 4.69) is 114 Å². The summed E-state index contributed by atoms with van der Waals surface area (Å²) in [5, 5.41) is 56.8. The van der Waals surface area contributed by atoms with Gasteiger partial charge in [0.2, 0.25) is 0 Å². The predicted molar refractivity (Wildman–Crippen MR) is 458 cm³/mol. The number of methoxy groups -OCH3 is 9. The fraction of sp³-hybridized carbons (Fsp3) is 0.225. The minimum absolute atomic E-state index is 0. The van der Waals surface area contributed by atoms with Gasteiger partial charge in [0.05, 0.1) is 97.4 Å². The first-order chi connectivity index (χ1) is 53.9. The molecule has 36 heteroatoms. The van der Waals surface area contributed by atoms with Gasteiger partial charge in [0.15, 0.2) is 5.78 Å². The van der Waals surface area contributed by atoms with Crippen LogP contribution in [0.4, 0.5) is 0 Å². The number of aryl methyl sites for hydroxylation is 2. The molecule has 9 aromatic rings. The summed E-state index contributed by atoms with van der Waals surface area (Å²) in [5.41, 5.74) is 7.33. The molecule has 7 N–H and O–H groups in total. The van der Waals surface area contributed by atoms with Crippen molar-refractivity contribution in [2.75, 3.05) is 64.0 Å². The fourth-order valence-electron chi connectivity index (χ4n) is 8.28. The number of nitrogens with zero attached hydrogens (tertiary/aromatic N) is 1. The van der Waals surface area contributed by atoms with Gasteiger partial charge < -0.3 is 87.7 Å². The van der Waals surface area contributed by atoms with Gasteiger partial charge in [-0.2, -0.15) is 0 Å². The van der Waals surface area contributed by atoms with Crippen molar-refractivity contribution in [2.24, 2.45) is 4.30 Å². The number of thiol groups is 1. The number of hydrogen-bond donors (Lipinski definition) is 8. The number of ether oxygens (including phenoxy) is 11. The molecule has 116 heavy (non-hydrogen) atoms. The van der Waals surface area contributed by atoms with Crippen LogP contribution < -0.4 is 37.9 Å². The van der Waals surface area contributed by atoms with Crippen LogP contribution in [0, 0.1) is 13.8 Å². The van der Waals surface area contributed by atoms with Crippen molar-refractivity contribution in [3.8, 4) is 51.7 Å². The zero-order valence-corrected chi connectivity index (χ0v) is 74.9. The summed E-state index contributed by atoms with van der Waals surface area (Å²) in [6.07, 6.45) is 0. The number of halogens is 5. The minimum atomic E-state index is -1.17. The predicted octanol–water partition coefficient (Wildman–Crippen LogP) is 17.7. The smallest absolute Gasteiger partial charge is 0 e. The molecule has 0 aromatic heterocycles. The number of aromatic carboxylic acids is 2. The molecular formula is C80H89B2Br5NO26PdS. The van der Waals surface area contributed by atoms with E-state index in [1.54, 1.807) is 132 Å². The average molecular weight is 2040 g/mol. The number of phenolic OH excluding ortho intramolecular Hbond substituents is 1. The molecule has 0 saturated carbocycles. The Morgan fingerprint density at radius 2 is 0.802 bits per heavy atom. The monoisotopic (exact) mass is 2030 g/mol. The normalized spacial score (nSPS) is 9.54. The first-order valence-corrected chi connectivity index (χ1v) is 37.1. The Kier molecular flexibility index (Phi) is 58.9. The summed E-state index contributed by atoms with van der Waals surface area (Å²) in [4.78, 5) is 86.2. The van der Waals surface area contributed by atoms with Gasteiger partial charge in [0.25, 0.3) is 11.9 Å². The topological polar surface area (TPSA) is 392 Å². The molecule has 10 rings (SSSR count). The Bertz CT molecular complexity index is 4460. The van der Waals surface area contributed by atoms with Gasteiger partial charge in [0, 0.05) is 74.2 Å². The molecule has 27 nitrogen and oxygen atoms in total. The van der Waals surface area contributed by atoms with E-state index in [-0.39, 0.29) is 63.3 Å². The maximum absolute atomic E-state index is 12.6. The summed E-state index contributed by atoms with van der Waals surface area (Å²) in [5.74, 6) is 0.623. The second-order valence-electron chi connectivity index (χ2n) is 21.8. The maximum Gasteiger partial charge on any atom is 0 e.